The summed E-state index contributed by atoms with van der Waals surface area (Å²) >= 11 is 5.86. The molecule has 0 aromatic heterocycles. The third kappa shape index (κ3) is 5.96. The van der Waals surface area contributed by atoms with E-state index in [1.165, 1.54) is 0 Å². The third-order valence-electron chi connectivity index (χ3n) is 4.61. The van der Waals surface area contributed by atoms with Gasteiger partial charge in [0.15, 0.2) is 0 Å². The number of nitrogens with one attached hydrogen (secondary N) is 3. The molecule has 1 aliphatic rings. The Morgan fingerprint density at radius 3 is 2.34 bits per heavy atom. The number of likely N-dealkylation sites (tertiary alicyclic amines) is 1. The van der Waals surface area contributed by atoms with E-state index < -0.39 is 0 Å². The average molecular weight is 415 g/mol. The minimum Gasteiger partial charge on any atom is -0.376 e. The molecule has 1 heterocycles. The van der Waals surface area contributed by atoms with E-state index in [0.29, 0.717) is 22.0 Å². The Labute approximate surface area is 174 Å². The summed E-state index contributed by atoms with van der Waals surface area (Å²) in [7, 11) is 0. The van der Waals surface area contributed by atoms with Gasteiger partial charge in [-0.2, -0.15) is 0 Å². The molecule has 0 spiro atoms. The van der Waals surface area contributed by atoms with Crippen LogP contribution in [0, 0.1) is 0 Å². The molecule has 0 aliphatic carbocycles. The van der Waals surface area contributed by atoms with Gasteiger partial charge in [-0.25, -0.2) is 0 Å². The summed E-state index contributed by atoms with van der Waals surface area (Å²) in [6.45, 7) is 1.45. The number of amides is 3. The molecule has 8 heteroatoms. The van der Waals surface area contributed by atoms with Gasteiger partial charge in [0.1, 0.15) is 0 Å². The van der Waals surface area contributed by atoms with Crippen molar-refractivity contribution in [2.75, 3.05) is 36.8 Å². The zero-order chi connectivity index (χ0) is 20.6. The maximum atomic E-state index is 12.6. The number of anilines is 2. The molecule has 0 bridgehead atoms. The molecule has 1 aliphatic heterocycles. The summed E-state index contributed by atoms with van der Waals surface area (Å²) in [5.41, 5.74) is 1.55. The molecule has 1 saturated heterocycles. The number of benzene rings is 2. The zero-order valence-corrected chi connectivity index (χ0v) is 16.7. The molecule has 3 amide bonds. The molecule has 3 rings (SSSR count). The van der Waals surface area contributed by atoms with Gasteiger partial charge >= 0.3 is 0 Å². The van der Waals surface area contributed by atoms with Crippen molar-refractivity contribution in [1.82, 2.24) is 10.2 Å². The van der Waals surface area contributed by atoms with Gasteiger partial charge in [0.2, 0.25) is 11.8 Å². The summed E-state index contributed by atoms with van der Waals surface area (Å²) in [5.74, 6) is -0.691. The Bertz CT molecular complexity index is 880. The Hall–Kier alpha value is -3.06. The van der Waals surface area contributed by atoms with E-state index in [1.54, 1.807) is 53.4 Å². The van der Waals surface area contributed by atoms with Crippen LogP contribution in [0.1, 0.15) is 23.2 Å². The Morgan fingerprint density at radius 2 is 1.62 bits per heavy atom. The summed E-state index contributed by atoms with van der Waals surface area (Å²) in [4.78, 5) is 38.4. The topological polar surface area (TPSA) is 90.5 Å². The first kappa shape index (κ1) is 20.7. The van der Waals surface area contributed by atoms with Gasteiger partial charge in [0.25, 0.3) is 5.91 Å². The number of carbonyl (C=O) groups excluding carboxylic acids is 3. The van der Waals surface area contributed by atoms with Crippen LogP contribution in [0.25, 0.3) is 0 Å². The first-order valence-corrected chi connectivity index (χ1v) is 9.85. The second-order valence-corrected chi connectivity index (χ2v) is 7.16. The van der Waals surface area contributed by atoms with Crippen LogP contribution in [0.4, 0.5) is 11.4 Å². The molecule has 2 aromatic carbocycles. The highest BCUT2D eigenvalue weighted by atomic mass is 35.5. The number of rotatable bonds is 7. The Balaban J connectivity index is 1.53. The van der Waals surface area contributed by atoms with Crippen LogP contribution in [-0.4, -0.2) is 48.8 Å². The fraction of sp³-hybridized carbons (Fsp3) is 0.286. The monoisotopic (exact) mass is 414 g/mol. The SMILES string of the molecule is O=C(CNc1ccccc1C(=O)Nc1ccc(Cl)cc1)NCC(=O)N1CCCC1. The lowest BCUT2D eigenvalue weighted by Gasteiger charge is -2.16. The van der Waals surface area contributed by atoms with E-state index in [0.717, 1.165) is 25.9 Å². The van der Waals surface area contributed by atoms with Crippen molar-refractivity contribution in [2.24, 2.45) is 0 Å². The van der Waals surface area contributed by atoms with Gasteiger partial charge in [-0.05, 0) is 49.2 Å². The summed E-state index contributed by atoms with van der Waals surface area (Å²) in [6.07, 6.45) is 2.02. The molecule has 0 radical (unpaired) electrons. The van der Waals surface area contributed by atoms with Crippen LogP contribution in [0.2, 0.25) is 5.02 Å². The summed E-state index contributed by atoms with van der Waals surface area (Å²) < 4.78 is 0. The molecule has 0 atom stereocenters. The van der Waals surface area contributed by atoms with Gasteiger partial charge in [0, 0.05) is 29.5 Å². The number of para-hydroxylation sites is 1. The smallest absolute Gasteiger partial charge is 0.257 e. The van der Waals surface area contributed by atoms with E-state index in [2.05, 4.69) is 16.0 Å². The molecule has 1 fully saturated rings. The molecule has 7 nitrogen and oxygen atoms in total. The number of hydrogen-bond donors (Lipinski definition) is 3. The summed E-state index contributed by atoms with van der Waals surface area (Å²) in [6, 6.07) is 13.7. The van der Waals surface area contributed by atoms with E-state index in [4.69, 9.17) is 11.6 Å². The van der Waals surface area contributed by atoms with Crippen molar-refractivity contribution in [1.29, 1.82) is 0 Å². The van der Waals surface area contributed by atoms with Crippen LogP contribution in [0.5, 0.6) is 0 Å². The number of nitrogens with zero attached hydrogens (tertiary/aromatic N) is 1. The van der Waals surface area contributed by atoms with Crippen molar-refractivity contribution in [3.05, 3.63) is 59.1 Å². The Kier molecular flexibility index (Phi) is 7.08. The number of halogens is 1. The normalized spacial score (nSPS) is 13.1. The van der Waals surface area contributed by atoms with Gasteiger partial charge in [-0.3, -0.25) is 14.4 Å². The average Bonchev–Trinajstić information content (AvgIpc) is 3.27. The van der Waals surface area contributed by atoms with Crippen LogP contribution >= 0.6 is 11.6 Å². The minimum absolute atomic E-state index is 0.0147. The quantitative estimate of drug-likeness (QED) is 0.649. The lowest BCUT2D eigenvalue weighted by Crippen LogP contribution is -2.40. The minimum atomic E-state index is -0.314. The molecule has 0 unspecified atom stereocenters. The largest absolute Gasteiger partial charge is 0.376 e. The molecule has 3 N–H and O–H groups in total. The van der Waals surface area contributed by atoms with Crippen molar-refractivity contribution in [2.45, 2.75) is 12.8 Å². The lowest BCUT2D eigenvalue weighted by molar-refractivity contribution is -0.131. The standard InChI is InChI=1S/C21H23ClN4O3/c22-15-7-9-16(10-8-15)25-21(29)17-5-1-2-6-18(17)23-13-19(27)24-14-20(28)26-11-3-4-12-26/h1-2,5-10,23H,3-4,11-14H2,(H,24,27)(H,25,29). The highest BCUT2D eigenvalue weighted by molar-refractivity contribution is 6.30. The molecule has 0 saturated carbocycles. The van der Waals surface area contributed by atoms with Crippen LogP contribution in [0.3, 0.4) is 0 Å². The Morgan fingerprint density at radius 1 is 0.931 bits per heavy atom. The van der Waals surface area contributed by atoms with E-state index in [9.17, 15) is 14.4 Å². The van der Waals surface area contributed by atoms with Crippen LogP contribution in [0.15, 0.2) is 48.5 Å². The summed E-state index contributed by atoms with van der Waals surface area (Å²) in [5, 5.41) is 8.96. The van der Waals surface area contributed by atoms with Gasteiger partial charge in [-0.15, -0.1) is 0 Å². The zero-order valence-electron chi connectivity index (χ0n) is 15.9. The second-order valence-electron chi connectivity index (χ2n) is 6.72. The fourth-order valence-corrected chi connectivity index (χ4v) is 3.18. The molecular formula is C21H23ClN4O3. The molecule has 2 aromatic rings. The maximum Gasteiger partial charge on any atom is 0.257 e. The molecular weight excluding hydrogens is 392 g/mol. The highest BCUT2D eigenvalue weighted by Gasteiger charge is 2.18. The van der Waals surface area contributed by atoms with Crippen molar-refractivity contribution >= 4 is 40.7 Å². The van der Waals surface area contributed by atoms with E-state index in [-0.39, 0.29) is 30.8 Å². The molecule has 152 valence electrons. The predicted octanol–water partition coefficient (Wildman–Crippen LogP) is 2.74. The van der Waals surface area contributed by atoms with Gasteiger partial charge < -0.3 is 20.9 Å². The first-order chi connectivity index (χ1) is 14.0. The van der Waals surface area contributed by atoms with E-state index in [1.807, 2.05) is 0 Å². The lowest BCUT2D eigenvalue weighted by atomic mass is 10.1. The second kappa shape index (κ2) is 9.93. The third-order valence-corrected chi connectivity index (χ3v) is 4.86. The highest BCUT2D eigenvalue weighted by Crippen LogP contribution is 2.18. The van der Waals surface area contributed by atoms with Crippen LogP contribution in [-0.2, 0) is 9.59 Å². The van der Waals surface area contributed by atoms with Crippen LogP contribution < -0.4 is 16.0 Å². The maximum absolute atomic E-state index is 12.6. The number of hydrogen-bond acceptors (Lipinski definition) is 4. The predicted molar refractivity (Wildman–Crippen MR) is 113 cm³/mol. The number of carbonyl (C=O) groups is 3. The van der Waals surface area contributed by atoms with Gasteiger partial charge in [0.05, 0.1) is 18.7 Å². The fourth-order valence-electron chi connectivity index (χ4n) is 3.06. The van der Waals surface area contributed by atoms with Crippen molar-refractivity contribution in [3.63, 3.8) is 0 Å². The van der Waals surface area contributed by atoms with E-state index >= 15 is 0 Å². The molecule has 29 heavy (non-hydrogen) atoms. The van der Waals surface area contributed by atoms with Gasteiger partial charge in [-0.1, -0.05) is 23.7 Å². The van der Waals surface area contributed by atoms with Crippen molar-refractivity contribution in [3.8, 4) is 0 Å². The van der Waals surface area contributed by atoms with Crippen molar-refractivity contribution < 1.29 is 14.4 Å². The first-order valence-electron chi connectivity index (χ1n) is 9.47.